The molecule has 2 rings (SSSR count). The highest BCUT2D eigenvalue weighted by atomic mass is 35.5. The Bertz CT molecular complexity index is 628. The summed E-state index contributed by atoms with van der Waals surface area (Å²) in [5.41, 5.74) is 0.0578. The smallest absolute Gasteiger partial charge is 0.371 e. The van der Waals surface area contributed by atoms with Crippen molar-refractivity contribution in [3.05, 3.63) is 58.3 Å². The number of hydrogen-bond acceptors (Lipinski definition) is 3. The number of carbonyl (C=O) groups excluding carboxylic acids is 1. The molecule has 1 heterocycles. The average molecular weight is 283 g/mol. The molecule has 4 nitrogen and oxygen atoms in total. The van der Waals surface area contributed by atoms with Gasteiger partial charge in [0.05, 0.1) is 0 Å². The molecule has 98 valence electrons. The summed E-state index contributed by atoms with van der Waals surface area (Å²) < 4.78 is 18.3. The predicted octanol–water partition coefficient (Wildman–Crippen LogP) is 3.20. The number of carbonyl (C=O) groups is 2. The van der Waals surface area contributed by atoms with Crippen LogP contribution in [0.15, 0.2) is 34.7 Å². The van der Waals surface area contributed by atoms with Crippen LogP contribution in [0.4, 0.5) is 4.39 Å². The van der Waals surface area contributed by atoms with E-state index >= 15 is 0 Å². The molecule has 0 amide bonds. The maximum atomic E-state index is 13.5. The van der Waals surface area contributed by atoms with Gasteiger partial charge in [0.25, 0.3) is 0 Å². The van der Waals surface area contributed by atoms with E-state index < -0.39 is 17.6 Å². The highest BCUT2D eigenvalue weighted by Crippen LogP contribution is 2.21. The average Bonchev–Trinajstić information content (AvgIpc) is 2.83. The van der Waals surface area contributed by atoms with E-state index in [9.17, 15) is 14.0 Å². The maximum Gasteiger partial charge on any atom is 0.371 e. The van der Waals surface area contributed by atoms with Gasteiger partial charge in [-0.1, -0.05) is 17.7 Å². The van der Waals surface area contributed by atoms with Crippen molar-refractivity contribution in [1.29, 1.82) is 0 Å². The minimum absolute atomic E-state index is 0.0578. The molecule has 1 aromatic heterocycles. The summed E-state index contributed by atoms with van der Waals surface area (Å²) in [7, 11) is 0. The summed E-state index contributed by atoms with van der Waals surface area (Å²) >= 11 is 5.80. The van der Waals surface area contributed by atoms with Crippen LogP contribution in [0.5, 0.6) is 0 Å². The standard InChI is InChI=1S/C13H8ClFO4/c14-8-2-1-3-9(15)7(8)6-10(16)11-4-5-12(19-11)13(17)18/h1-5H,6H2,(H,17,18). The number of ketones is 1. The van der Waals surface area contributed by atoms with Crippen LogP contribution >= 0.6 is 11.6 Å². The van der Waals surface area contributed by atoms with Gasteiger partial charge in [-0.2, -0.15) is 0 Å². The third kappa shape index (κ3) is 2.82. The van der Waals surface area contributed by atoms with Crippen LogP contribution in [0.3, 0.4) is 0 Å². The van der Waals surface area contributed by atoms with Crippen molar-refractivity contribution in [1.82, 2.24) is 0 Å². The first-order valence-electron chi connectivity index (χ1n) is 5.28. The van der Waals surface area contributed by atoms with Crippen LogP contribution in [-0.2, 0) is 6.42 Å². The van der Waals surface area contributed by atoms with Crippen molar-refractivity contribution < 1.29 is 23.5 Å². The van der Waals surface area contributed by atoms with Crippen LogP contribution in [0, 0.1) is 5.82 Å². The second kappa shape index (κ2) is 5.24. The minimum Gasteiger partial charge on any atom is -0.475 e. The zero-order valence-electron chi connectivity index (χ0n) is 9.52. The van der Waals surface area contributed by atoms with E-state index in [4.69, 9.17) is 21.1 Å². The van der Waals surface area contributed by atoms with Gasteiger partial charge < -0.3 is 9.52 Å². The second-order valence-corrected chi connectivity index (χ2v) is 4.18. The molecule has 6 heteroatoms. The molecule has 1 N–H and O–H groups in total. The van der Waals surface area contributed by atoms with Gasteiger partial charge in [0.15, 0.2) is 5.76 Å². The predicted molar refractivity (Wildman–Crippen MR) is 65.1 cm³/mol. The summed E-state index contributed by atoms with van der Waals surface area (Å²) in [6, 6.07) is 6.50. The number of rotatable bonds is 4. The third-order valence-corrected chi connectivity index (χ3v) is 2.84. The molecule has 0 radical (unpaired) electrons. The third-order valence-electron chi connectivity index (χ3n) is 2.49. The van der Waals surface area contributed by atoms with E-state index in [1.165, 1.54) is 30.3 Å². The van der Waals surface area contributed by atoms with Crippen molar-refractivity contribution >= 4 is 23.4 Å². The molecular weight excluding hydrogens is 275 g/mol. The fourth-order valence-electron chi connectivity index (χ4n) is 1.55. The number of halogens is 2. The van der Waals surface area contributed by atoms with Gasteiger partial charge in [0.1, 0.15) is 5.82 Å². The van der Waals surface area contributed by atoms with Gasteiger partial charge in [-0.05, 0) is 24.3 Å². The Kier molecular flexibility index (Phi) is 3.66. The first kappa shape index (κ1) is 13.3. The van der Waals surface area contributed by atoms with E-state index in [2.05, 4.69) is 0 Å². The molecule has 0 saturated carbocycles. The molecule has 0 aliphatic rings. The molecule has 0 fully saturated rings. The fourth-order valence-corrected chi connectivity index (χ4v) is 1.78. The SMILES string of the molecule is O=C(O)c1ccc(C(=O)Cc2c(F)cccc2Cl)o1. The Morgan fingerprint density at radius 3 is 2.47 bits per heavy atom. The maximum absolute atomic E-state index is 13.5. The Hall–Kier alpha value is -2.14. The molecule has 0 aliphatic heterocycles. The fraction of sp³-hybridized carbons (Fsp3) is 0.0769. The zero-order chi connectivity index (χ0) is 14.0. The Labute approximate surface area is 112 Å². The summed E-state index contributed by atoms with van der Waals surface area (Å²) in [6.45, 7) is 0. The number of furan rings is 1. The molecule has 0 unspecified atom stereocenters. The van der Waals surface area contributed by atoms with Crippen molar-refractivity contribution in [3.8, 4) is 0 Å². The quantitative estimate of drug-likeness (QED) is 0.875. The highest BCUT2D eigenvalue weighted by Gasteiger charge is 2.18. The lowest BCUT2D eigenvalue weighted by atomic mass is 10.1. The van der Waals surface area contributed by atoms with Crippen LogP contribution in [0.25, 0.3) is 0 Å². The first-order valence-corrected chi connectivity index (χ1v) is 5.66. The van der Waals surface area contributed by atoms with E-state index in [1.807, 2.05) is 0 Å². The van der Waals surface area contributed by atoms with E-state index in [1.54, 1.807) is 0 Å². The van der Waals surface area contributed by atoms with Gasteiger partial charge in [-0.15, -0.1) is 0 Å². The number of aromatic carboxylic acids is 1. The second-order valence-electron chi connectivity index (χ2n) is 3.77. The highest BCUT2D eigenvalue weighted by molar-refractivity contribution is 6.31. The van der Waals surface area contributed by atoms with Crippen LogP contribution in [0.2, 0.25) is 5.02 Å². The number of Topliss-reactive ketones (excluding diaryl/α,β-unsaturated/α-hetero) is 1. The van der Waals surface area contributed by atoms with Crippen molar-refractivity contribution in [2.24, 2.45) is 0 Å². The van der Waals surface area contributed by atoms with E-state index in [0.29, 0.717) is 0 Å². The number of carboxylic acid groups (broad SMARTS) is 1. The largest absolute Gasteiger partial charge is 0.475 e. The lowest BCUT2D eigenvalue weighted by Crippen LogP contribution is -2.05. The number of benzene rings is 1. The van der Waals surface area contributed by atoms with Crippen LogP contribution < -0.4 is 0 Å². The number of hydrogen-bond donors (Lipinski definition) is 1. The monoisotopic (exact) mass is 282 g/mol. The summed E-state index contributed by atoms with van der Waals surface area (Å²) in [5.74, 6) is -2.90. The lowest BCUT2D eigenvalue weighted by molar-refractivity contribution is 0.0660. The van der Waals surface area contributed by atoms with Gasteiger partial charge >= 0.3 is 5.97 Å². The van der Waals surface area contributed by atoms with Gasteiger partial charge in [-0.25, -0.2) is 9.18 Å². The molecular formula is C13H8ClFO4. The van der Waals surface area contributed by atoms with E-state index in [0.717, 1.165) is 0 Å². The minimum atomic E-state index is -1.28. The topological polar surface area (TPSA) is 67.5 Å². The Morgan fingerprint density at radius 2 is 1.89 bits per heavy atom. The number of carboxylic acids is 1. The van der Waals surface area contributed by atoms with Gasteiger partial charge in [-0.3, -0.25) is 4.79 Å². The van der Waals surface area contributed by atoms with Crippen molar-refractivity contribution in [2.75, 3.05) is 0 Å². The molecule has 19 heavy (non-hydrogen) atoms. The molecule has 0 aliphatic carbocycles. The molecule has 0 saturated heterocycles. The summed E-state index contributed by atoms with van der Waals surface area (Å²) in [6.07, 6.45) is -0.294. The summed E-state index contributed by atoms with van der Waals surface area (Å²) in [4.78, 5) is 22.5. The molecule has 0 spiro atoms. The first-order chi connectivity index (χ1) is 8.99. The Morgan fingerprint density at radius 1 is 1.21 bits per heavy atom. The normalized spacial score (nSPS) is 10.4. The van der Waals surface area contributed by atoms with Crippen molar-refractivity contribution in [2.45, 2.75) is 6.42 Å². The Balaban J connectivity index is 2.23. The summed E-state index contributed by atoms with van der Waals surface area (Å²) in [5, 5.41) is 8.81. The van der Waals surface area contributed by atoms with Crippen LogP contribution in [-0.4, -0.2) is 16.9 Å². The van der Waals surface area contributed by atoms with Crippen LogP contribution in [0.1, 0.15) is 26.7 Å². The van der Waals surface area contributed by atoms with E-state index in [-0.39, 0.29) is 28.5 Å². The van der Waals surface area contributed by atoms with Crippen molar-refractivity contribution in [3.63, 3.8) is 0 Å². The zero-order valence-corrected chi connectivity index (χ0v) is 10.3. The molecule has 0 atom stereocenters. The van der Waals surface area contributed by atoms with Gasteiger partial charge in [0, 0.05) is 17.0 Å². The van der Waals surface area contributed by atoms with Gasteiger partial charge in [0.2, 0.25) is 11.5 Å². The lowest BCUT2D eigenvalue weighted by Gasteiger charge is -2.03. The molecule has 1 aromatic carbocycles. The molecule has 0 bridgehead atoms. The molecule has 2 aromatic rings.